The Morgan fingerprint density at radius 3 is 2.79 bits per heavy atom. The summed E-state index contributed by atoms with van der Waals surface area (Å²) < 4.78 is 6.27. The van der Waals surface area contributed by atoms with E-state index in [4.69, 9.17) is 16.3 Å². The van der Waals surface area contributed by atoms with Crippen LogP contribution in [-0.4, -0.2) is 17.3 Å². The summed E-state index contributed by atoms with van der Waals surface area (Å²) >= 11 is 9.22. The molecular weight excluding hydrogens is 362 g/mol. The first kappa shape index (κ1) is 17.1. The molecular formula is C17H16ClN3OS2. The second-order valence-corrected chi connectivity index (χ2v) is 7.59. The van der Waals surface area contributed by atoms with Crippen molar-refractivity contribution < 1.29 is 4.74 Å². The Balaban J connectivity index is 1.57. The number of aromatic nitrogens is 2. The van der Waals surface area contributed by atoms with Crippen molar-refractivity contribution in [3.8, 4) is 5.75 Å². The van der Waals surface area contributed by atoms with E-state index >= 15 is 0 Å². The van der Waals surface area contributed by atoms with E-state index in [1.54, 1.807) is 30.2 Å². The molecule has 3 aromatic rings. The van der Waals surface area contributed by atoms with Crippen LogP contribution < -0.4 is 10.1 Å². The highest BCUT2D eigenvalue weighted by molar-refractivity contribution is 8.00. The van der Waals surface area contributed by atoms with Gasteiger partial charge in [-0.15, -0.1) is 10.2 Å². The largest absolute Gasteiger partial charge is 0.496 e. The van der Waals surface area contributed by atoms with Crippen molar-refractivity contribution in [2.75, 3.05) is 12.4 Å². The third-order valence-corrected chi connectivity index (χ3v) is 5.58. The van der Waals surface area contributed by atoms with Gasteiger partial charge in [0.1, 0.15) is 5.75 Å². The summed E-state index contributed by atoms with van der Waals surface area (Å²) in [5.41, 5.74) is 2.26. The predicted octanol–water partition coefficient (Wildman–Crippen LogP) is 5.10. The maximum atomic E-state index is 6.06. The third-order valence-electron chi connectivity index (χ3n) is 3.29. The molecule has 0 saturated heterocycles. The molecule has 4 nitrogen and oxygen atoms in total. The normalized spacial score (nSPS) is 10.6. The molecule has 0 atom stereocenters. The highest BCUT2D eigenvalue weighted by Gasteiger charge is 2.08. The van der Waals surface area contributed by atoms with Crippen molar-refractivity contribution in [2.45, 2.75) is 16.6 Å². The minimum atomic E-state index is 0.703. The lowest BCUT2D eigenvalue weighted by atomic mass is 10.2. The highest BCUT2D eigenvalue weighted by atomic mass is 35.5. The van der Waals surface area contributed by atoms with Gasteiger partial charge in [0.05, 0.1) is 7.11 Å². The topological polar surface area (TPSA) is 47.0 Å². The number of nitrogens with zero attached hydrogens (tertiary/aromatic N) is 2. The van der Waals surface area contributed by atoms with Crippen molar-refractivity contribution in [1.29, 1.82) is 0 Å². The molecule has 0 saturated carbocycles. The molecule has 2 aromatic carbocycles. The second-order valence-electron chi connectivity index (χ2n) is 4.96. The fraction of sp³-hybridized carbons (Fsp3) is 0.176. The molecule has 0 aliphatic rings. The van der Waals surface area contributed by atoms with E-state index in [0.717, 1.165) is 33.1 Å². The van der Waals surface area contributed by atoms with Crippen LogP contribution >= 0.6 is 34.7 Å². The van der Waals surface area contributed by atoms with E-state index in [-0.39, 0.29) is 0 Å². The van der Waals surface area contributed by atoms with Gasteiger partial charge in [-0.25, -0.2) is 0 Å². The second kappa shape index (κ2) is 8.37. The summed E-state index contributed by atoms with van der Waals surface area (Å²) in [5, 5.41) is 13.2. The van der Waals surface area contributed by atoms with Gasteiger partial charge in [0, 0.05) is 22.9 Å². The van der Waals surface area contributed by atoms with Crippen molar-refractivity contribution in [3.63, 3.8) is 0 Å². The number of methoxy groups -OCH3 is 1. The van der Waals surface area contributed by atoms with E-state index < -0.39 is 0 Å². The number of thioether (sulfide) groups is 1. The summed E-state index contributed by atoms with van der Waals surface area (Å²) in [6.45, 7) is 0.738. The van der Waals surface area contributed by atoms with Crippen LogP contribution in [0.25, 0.3) is 0 Å². The lowest BCUT2D eigenvalue weighted by molar-refractivity contribution is 0.411. The average molecular weight is 378 g/mol. The van der Waals surface area contributed by atoms with Gasteiger partial charge >= 0.3 is 0 Å². The Kier molecular flexibility index (Phi) is 5.96. The van der Waals surface area contributed by atoms with Gasteiger partial charge in [0.25, 0.3) is 0 Å². The van der Waals surface area contributed by atoms with E-state index in [9.17, 15) is 0 Å². The van der Waals surface area contributed by atoms with Gasteiger partial charge in [0.2, 0.25) is 5.13 Å². The van der Waals surface area contributed by atoms with Crippen LogP contribution in [0.1, 0.15) is 11.1 Å². The van der Waals surface area contributed by atoms with Gasteiger partial charge in [-0.2, -0.15) is 0 Å². The molecule has 124 valence electrons. The SMILES string of the molecule is COc1ccc(Cl)cc1CSc1nnc(NCc2ccccc2)s1. The lowest BCUT2D eigenvalue weighted by Crippen LogP contribution is -1.98. The highest BCUT2D eigenvalue weighted by Crippen LogP contribution is 2.32. The van der Waals surface area contributed by atoms with Crippen LogP contribution in [-0.2, 0) is 12.3 Å². The van der Waals surface area contributed by atoms with Crippen molar-refractivity contribution >= 4 is 39.8 Å². The molecule has 0 amide bonds. The van der Waals surface area contributed by atoms with Crippen LogP contribution in [0.3, 0.4) is 0 Å². The zero-order valence-electron chi connectivity index (χ0n) is 13.0. The van der Waals surface area contributed by atoms with Crippen LogP contribution in [0.4, 0.5) is 5.13 Å². The number of ether oxygens (including phenoxy) is 1. The van der Waals surface area contributed by atoms with E-state index in [2.05, 4.69) is 27.6 Å². The van der Waals surface area contributed by atoms with E-state index in [1.165, 1.54) is 5.56 Å². The zero-order valence-corrected chi connectivity index (χ0v) is 15.4. The maximum absolute atomic E-state index is 6.06. The summed E-state index contributed by atoms with van der Waals surface area (Å²) in [6.07, 6.45) is 0. The Labute approximate surface area is 154 Å². The number of hydrogen-bond donors (Lipinski definition) is 1. The molecule has 0 bridgehead atoms. The van der Waals surface area contributed by atoms with Crippen LogP contribution in [0.2, 0.25) is 5.02 Å². The zero-order chi connectivity index (χ0) is 16.8. The monoisotopic (exact) mass is 377 g/mol. The smallest absolute Gasteiger partial charge is 0.206 e. The van der Waals surface area contributed by atoms with Crippen LogP contribution in [0, 0.1) is 0 Å². The molecule has 0 fully saturated rings. The van der Waals surface area contributed by atoms with Gasteiger partial charge in [-0.1, -0.05) is 65.0 Å². The van der Waals surface area contributed by atoms with Gasteiger partial charge in [-0.3, -0.25) is 0 Å². The van der Waals surface area contributed by atoms with Gasteiger partial charge < -0.3 is 10.1 Å². The van der Waals surface area contributed by atoms with Crippen molar-refractivity contribution in [3.05, 3.63) is 64.7 Å². The Hall–Kier alpha value is -1.76. The molecule has 3 rings (SSSR count). The van der Waals surface area contributed by atoms with Gasteiger partial charge in [0.15, 0.2) is 4.34 Å². The molecule has 0 unspecified atom stereocenters. The molecule has 0 spiro atoms. The van der Waals surface area contributed by atoms with Crippen molar-refractivity contribution in [1.82, 2.24) is 10.2 Å². The summed E-state index contributed by atoms with van der Waals surface area (Å²) in [7, 11) is 1.66. The summed E-state index contributed by atoms with van der Waals surface area (Å²) in [5.74, 6) is 1.57. The fourth-order valence-electron chi connectivity index (χ4n) is 2.11. The van der Waals surface area contributed by atoms with E-state index in [1.807, 2.05) is 36.4 Å². The summed E-state index contributed by atoms with van der Waals surface area (Å²) in [6, 6.07) is 15.8. The van der Waals surface area contributed by atoms with Crippen molar-refractivity contribution in [2.24, 2.45) is 0 Å². The number of hydrogen-bond acceptors (Lipinski definition) is 6. The number of anilines is 1. The Morgan fingerprint density at radius 1 is 1.17 bits per heavy atom. The Morgan fingerprint density at radius 2 is 2.00 bits per heavy atom. The van der Waals surface area contributed by atoms with Gasteiger partial charge in [-0.05, 0) is 23.8 Å². The fourth-order valence-corrected chi connectivity index (χ4v) is 4.03. The molecule has 7 heteroatoms. The molecule has 24 heavy (non-hydrogen) atoms. The molecule has 1 aromatic heterocycles. The maximum Gasteiger partial charge on any atom is 0.206 e. The Bertz CT molecular complexity index is 796. The molecule has 1 heterocycles. The lowest BCUT2D eigenvalue weighted by Gasteiger charge is -2.07. The first-order chi connectivity index (χ1) is 11.7. The first-order valence-electron chi connectivity index (χ1n) is 7.31. The minimum Gasteiger partial charge on any atom is -0.496 e. The molecule has 0 radical (unpaired) electrons. The number of benzene rings is 2. The quantitative estimate of drug-likeness (QED) is 0.580. The predicted molar refractivity (Wildman–Crippen MR) is 101 cm³/mol. The third kappa shape index (κ3) is 4.63. The number of nitrogens with one attached hydrogen (secondary N) is 1. The average Bonchev–Trinajstić information content (AvgIpc) is 3.07. The number of halogens is 1. The molecule has 1 N–H and O–H groups in total. The van der Waals surface area contributed by atoms with E-state index in [0.29, 0.717) is 5.02 Å². The minimum absolute atomic E-state index is 0.703. The standard InChI is InChI=1S/C17H16ClN3OS2/c1-22-15-8-7-14(18)9-13(15)11-23-17-21-20-16(24-17)19-10-12-5-3-2-4-6-12/h2-9H,10-11H2,1H3,(H,19,20). The number of rotatable bonds is 7. The first-order valence-corrected chi connectivity index (χ1v) is 9.49. The van der Waals surface area contributed by atoms with Crippen LogP contribution in [0.15, 0.2) is 52.9 Å². The molecule has 0 aliphatic heterocycles. The van der Waals surface area contributed by atoms with Crippen LogP contribution in [0.5, 0.6) is 5.75 Å². The molecule has 0 aliphatic carbocycles. The summed E-state index contributed by atoms with van der Waals surface area (Å²) in [4.78, 5) is 0.